The van der Waals surface area contributed by atoms with Gasteiger partial charge in [0.2, 0.25) is 0 Å². The lowest BCUT2D eigenvalue weighted by Crippen LogP contribution is -2.14. The van der Waals surface area contributed by atoms with Crippen LogP contribution in [0.5, 0.6) is 0 Å². The van der Waals surface area contributed by atoms with Crippen LogP contribution in [-0.4, -0.2) is 11.0 Å². The van der Waals surface area contributed by atoms with Crippen molar-refractivity contribution >= 4 is 29.2 Å². The molecule has 0 atom stereocenters. The second kappa shape index (κ2) is 5.95. The summed E-state index contributed by atoms with van der Waals surface area (Å²) in [7, 11) is 0. The summed E-state index contributed by atoms with van der Waals surface area (Å²) in [4.78, 5) is 1.61. The Morgan fingerprint density at radius 2 is 1.89 bits per heavy atom. The number of oxime groups is 1. The molecule has 0 unspecified atom stereocenters. The number of amidine groups is 1. The Morgan fingerprint density at radius 1 is 1.21 bits per heavy atom. The molecule has 2 aromatic rings. The first-order valence-corrected chi connectivity index (χ1v) is 6.50. The van der Waals surface area contributed by atoms with E-state index in [9.17, 15) is 4.39 Å². The minimum absolute atomic E-state index is 0.129. The molecule has 2 rings (SSSR count). The highest BCUT2D eigenvalue weighted by atomic mass is 35.5. The topological polar surface area (TPSA) is 58.6 Å². The van der Waals surface area contributed by atoms with Crippen molar-refractivity contribution in [3.63, 3.8) is 0 Å². The van der Waals surface area contributed by atoms with Crippen LogP contribution in [0.4, 0.5) is 4.39 Å². The average molecular weight is 297 g/mol. The third kappa shape index (κ3) is 3.39. The van der Waals surface area contributed by atoms with Crippen LogP contribution >= 0.6 is 23.4 Å². The van der Waals surface area contributed by atoms with Crippen molar-refractivity contribution < 1.29 is 9.60 Å². The average Bonchev–Trinajstić information content (AvgIpc) is 2.42. The summed E-state index contributed by atoms with van der Waals surface area (Å²) in [6.07, 6.45) is 0. The third-order valence-electron chi connectivity index (χ3n) is 2.37. The van der Waals surface area contributed by atoms with Crippen LogP contribution in [0.2, 0.25) is 5.02 Å². The summed E-state index contributed by atoms with van der Waals surface area (Å²) in [5.41, 5.74) is 5.89. The standard InChI is InChI=1S/C13H10ClFN2OS/c14-8-1-4-10(5-2-8)19-12-6-3-9(15)7-11(12)13(16)17-18/h1-7,18H,(H2,16,17). The lowest BCUT2D eigenvalue weighted by atomic mass is 10.2. The molecule has 98 valence electrons. The summed E-state index contributed by atoms with van der Waals surface area (Å²) >= 11 is 7.19. The van der Waals surface area contributed by atoms with E-state index in [1.165, 1.54) is 23.9 Å². The molecule has 0 aromatic heterocycles. The van der Waals surface area contributed by atoms with E-state index in [4.69, 9.17) is 22.5 Å². The zero-order valence-corrected chi connectivity index (χ0v) is 11.2. The summed E-state index contributed by atoms with van der Waals surface area (Å²) < 4.78 is 13.2. The van der Waals surface area contributed by atoms with Crippen LogP contribution in [0.3, 0.4) is 0 Å². The quantitative estimate of drug-likeness (QED) is 0.393. The molecule has 0 heterocycles. The van der Waals surface area contributed by atoms with E-state index in [-0.39, 0.29) is 5.84 Å². The summed E-state index contributed by atoms with van der Waals surface area (Å²) in [6.45, 7) is 0. The molecule has 0 aliphatic heterocycles. The number of hydrogen-bond donors (Lipinski definition) is 2. The molecule has 0 radical (unpaired) electrons. The Kier molecular flexibility index (Phi) is 4.29. The lowest BCUT2D eigenvalue weighted by Gasteiger charge is -2.08. The zero-order valence-electron chi connectivity index (χ0n) is 9.68. The fraction of sp³-hybridized carbons (Fsp3) is 0. The number of benzene rings is 2. The largest absolute Gasteiger partial charge is 0.409 e. The smallest absolute Gasteiger partial charge is 0.171 e. The van der Waals surface area contributed by atoms with Gasteiger partial charge < -0.3 is 10.9 Å². The highest BCUT2D eigenvalue weighted by molar-refractivity contribution is 7.99. The van der Waals surface area contributed by atoms with Crippen LogP contribution < -0.4 is 5.73 Å². The normalized spacial score (nSPS) is 11.6. The van der Waals surface area contributed by atoms with Gasteiger partial charge in [0.1, 0.15) is 5.82 Å². The molecule has 0 bridgehead atoms. The predicted octanol–water partition coefficient (Wildman–Crippen LogP) is 3.72. The molecular weight excluding hydrogens is 287 g/mol. The van der Waals surface area contributed by atoms with Crippen LogP contribution in [-0.2, 0) is 0 Å². The molecule has 3 N–H and O–H groups in total. The van der Waals surface area contributed by atoms with Gasteiger partial charge in [-0.25, -0.2) is 4.39 Å². The van der Waals surface area contributed by atoms with E-state index in [1.807, 2.05) is 12.1 Å². The summed E-state index contributed by atoms with van der Waals surface area (Å²) in [5, 5.41) is 12.3. The number of nitrogens with two attached hydrogens (primary N) is 1. The van der Waals surface area contributed by atoms with Crippen LogP contribution in [0.1, 0.15) is 5.56 Å². The maximum Gasteiger partial charge on any atom is 0.171 e. The van der Waals surface area contributed by atoms with Crippen LogP contribution in [0.15, 0.2) is 57.4 Å². The molecule has 19 heavy (non-hydrogen) atoms. The van der Waals surface area contributed by atoms with Gasteiger partial charge in [-0.3, -0.25) is 0 Å². The Balaban J connectivity index is 2.37. The molecule has 0 fully saturated rings. The van der Waals surface area contributed by atoms with Gasteiger partial charge in [-0.05, 0) is 42.5 Å². The van der Waals surface area contributed by atoms with Gasteiger partial charge in [0.05, 0.1) is 0 Å². The van der Waals surface area contributed by atoms with E-state index < -0.39 is 5.82 Å². The van der Waals surface area contributed by atoms with Gasteiger partial charge in [-0.2, -0.15) is 0 Å². The molecule has 2 aromatic carbocycles. The SMILES string of the molecule is NC(=NO)c1cc(F)ccc1Sc1ccc(Cl)cc1. The minimum Gasteiger partial charge on any atom is -0.409 e. The second-order valence-electron chi connectivity index (χ2n) is 3.68. The second-order valence-corrected chi connectivity index (χ2v) is 5.23. The molecule has 0 saturated heterocycles. The fourth-order valence-electron chi connectivity index (χ4n) is 1.47. The van der Waals surface area contributed by atoms with Crippen molar-refractivity contribution in [2.45, 2.75) is 9.79 Å². The molecule has 6 heteroatoms. The number of hydrogen-bond acceptors (Lipinski definition) is 3. The minimum atomic E-state index is -0.443. The van der Waals surface area contributed by atoms with Gasteiger partial charge >= 0.3 is 0 Å². The van der Waals surface area contributed by atoms with Crippen molar-refractivity contribution in [1.82, 2.24) is 0 Å². The van der Waals surface area contributed by atoms with E-state index in [0.29, 0.717) is 15.5 Å². The monoisotopic (exact) mass is 296 g/mol. The molecule has 0 aliphatic rings. The van der Waals surface area contributed by atoms with Crippen molar-refractivity contribution in [3.05, 3.63) is 58.9 Å². The lowest BCUT2D eigenvalue weighted by molar-refractivity contribution is 0.318. The first-order chi connectivity index (χ1) is 9.10. The zero-order chi connectivity index (χ0) is 13.8. The van der Waals surface area contributed by atoms with Crippen molar-refractivity contribution in [2.75, 3.05) is 0 Å². The van der Waals surface area contributed by atoms with E-state index in [0.717, 1.165) is 4.90 Å². The fourth-order valence-corrected chi connectivity index (χ4v) is 2.54. The number of nitrogens with zero attached hydrogens (tertiary/aromatic N) is 1. The highest BCUT2D eigenvalue weighted by Crippen LogP contribution is 2.31. The van der Waals surface area contributed by atoms with Gasteiger partial charge in [0, 0.05) is 20.4 Å². The molecule has 0 saturated carbocycles. The number of halogens is 2. The van der Waals surface area contributed by atoms with Crippen LogP contribution in [0, 0.1) is 5.82 Å². The predicted molar refractivity (Wildman–Crippen MR) is 74.5 cm³/mol. The summed E-state index contributed by atoms with van der Waals surface area (Å²) in [6, 6.07) is 11.3. The maximum absolute atomic E-state index is 13.2. The Labute approximate surface area is 118 Å². The van der Waals surface area contributed by atoms with Gasteiger partial charge in [-0.1, -0.05) is 28.5 Å². The number of rotatable bonds is 3. The highest BCUT2D eigenvalue weighted by Gasteiger charge is 2.10. The molecule has 3 nitrogen and oxygen atoms in total. The van der Waals surface area contributed by atoms with Crippen LogP contribution in [0.25, 0.3) is 0 Å². The van der Waals surface area contributed by atoms with E-state index in [2.05, 4.69) is 5.16 Å². The van der Waals surface area contributed by atoms with Crippen molar-refractivity contribution in [3.8, 4) is 0 Å². The third-order valence-corrected chi connectivity index (χ3v) is 3.70. The molecule has 0 amide bonds. The van der Waals surface area contributed by atoms with E-state index in [1.54, 1.807) is 18.2 Å². The summed E-state index contributed by atoms with van der Waals surface area (Å²) in [5.74, 6) is -0.571. The maximum atomic E-state index is 13.2. The molecular formula is C13H10ClFN2OS. The van der Waals surface area contributed by atoms with Gasteiger partial charge in [-0.15, -0.1) is 0 Å². The first kappa shape index (κ1) is 13.7. The van der Waals surface area contributed by atoms with Gasteiger partial charge in [0.15, 0.2) is 5.84 Å². The Bertz CT molecular complexity index is 617. The van der Waals surface area contributed by atoms with Crippen molar-refractivity contribution in [2.24, 2.45) is 10.9 Å². The Morgan fingerprint density at radius 3 is 2.53 bits per heavy atom. The van der Waals surface area contributed by atoms with Gasteiger partial charge in [0.25, 0.3) is 0 Å². The molecule has 0 spiro atoms. The van der Waals surface area contributed by atoms with E-state index >= 15 is 0 Å². The molecule has 0 aliphatic carbocycles. The Hall–Kier alpha value is -1.72. The first-order valence-electron chi connectivity index (χ1n) is 5.31. The van der Waals surface area contributed by atoms with Crippen molar-refractivity contribution in [1.29, 1.82) is 0 Å².